The fourth-order valence-corrected chi connectivity index (χ4v) is 2.07. The van der Waals surface area contributed by atoms with E-state index in [0.29, 0.717) is 15.6 Å². The number of esters is 1. The highest BCUT2D eigenvalue weighted by molar-refractivity contribution is 6.35. The van der Waals surface area contributed by atoms with Gasteiger partial charge in [0.25, 0.3) is 0 Å². The summed E-state index contributed by atoms with van der Waals surface area (Å²) in [5.74, 6) is -0.422. The van der Waals surface area contributed by atoms with Gasteiger partial charge in [0.15, 0.2) is 0 Å². The van der Waals surface area contributed by atoms with E-state index in [1.54, 1.807) is 13.8 Å². The van der Waals surface area contributed by atoms with Gasteiger partial charge in [0.1, 0.15) is 0 Å². The summed E-state index contributed by atoms with van der Waals surface area (Å²) in [4.78, 5) is 15.5. The zero-order chi connectivity index (χ0) is 13.2. The van der Waals surface area contributed by atoms with E-state index in [-0.39, 0.29) is 12.4 Å². The van der Waals surface area contributed by atoms with Gasteiger partial charge in [-0.15, -0.1) is 12.4 Å². The van der Waals surface area contributed by atoms with Crippen molar-refractivity contribution in [2.45, 2.75) is 19.9 Å². The normalized spacial score (nSPS) is 12.6. The van der Waals surface area contributed by atoms with Gasteiger partial charge in [-0.25, -0.2) is 0 Å². The van der Waals surface area contributed by atoms with E-state index in [2.05, 4.69) is 4.98 Å². The topological polar surface area (TPSA) is 65.2 Å². The number of pyridine rings is 1. The maximum absolute atomic E-state index is 11.7. The lowest BCUT2D eigenvalue weighted by Gasteiger charge is -2.29. The number of rotatable bonds is 3. The van der Waals surface area contributed by atoms with Crippen LogP contribution in [0.2, 0.25) is 10.0 Å². The number of aromatic nitrogens is 1. The number of carbonyl (C=O) groups is 1. The van der Waals surface area contributed by atoms with Crippen LogP contribution in [0.25, 0.3) is 0 Å². The molecule has 4 nitrogen and oxygen atoms in total. The van der Waals surface area contributed by atoms with E-state index in [0.717, 1.165) is 0 Å². The molecular formula is C11H15Cl3N2O2. The van der Waals surface area contributed by atoms with Gasteiger partial charge in [0.05, 0.1) is 22.6 Å². The second kappa shape index (κ2) is 6.57. The summed E-state index contributed by atoms with van der Waals surface area (Å²) in [5.41, 5.74) is 5.63. The number of methoxy groups -OCH3 is 1. The number of hydrogen-bond donors (Lipinski definition) is 1. The zero-order valence-corrected chi connectivity index (χ0v) is 12.6. The molecule has 1 aromatic rings. The first-order valence-electron chi connectivity index (χ1n) is 4.95. The van der Waals surface area contributed by atoms with Crippen molar-refractivity contribution in [3.63, 3.8) is 0 Å². The number of ether oxygens (including phenoxy) is 1. The van der Waals surface area contributed by atoms with Gasteiger partial charge in [-0.2, -0.15) is 0 Å². The minimum Gasteiger partial charge on any atom is -0.469 e. The van der Waals surface area contributed by atoms with Crippen LogP contribution in [0.1, 0.15) is 25.5 Å². The minimum absolute atomic E-state index is 0. The Labute approximate surface area is 122 Å². The van der Waals surface area contributed by atoms with E-state index >= 15 is 0 Å². The Kier molecular flexibility index (Phi) is 6.37. The minimum atomic E-state index is -0.927. The summed E-state index contributed by atoms with van der Waals surface area (Å²) in [5, 5.41) is 0.670. The molecule has 1 rings (SSSR count). The predicted octanol–water partition coefficient (Wildman–Crippen LogP) is 3.01. The second-order valence-electron chi connectivity index (χ2n) is 4.21. The van der Waals surface area contributed by atoms with Crippen molar-refractivity contribution in [2.75, 3.05) is 7.11 Å². The molecule has 7 heteroatoms. The monoisotopic (exact) mass is 312 g/mol. The second-order valence-corrected chi connectivity index (χ2v) is 5.02. The molecule has 0 aromatic carbocycles. The molecule has 2 N–H and O–H groups in total. The molecule has 1 atom stereocenters. The molecule has 0 fully saturated rings. The number of carbonyl (C=O) groups excluding carboxylic acids is 1. The van der Waals surface area contributed by atoms with Crippen LogP contribution in [0.5, 0.6) is 0 Å². The van der Waals surface area contributed by atoms with Crippen molar-refractivity contribution in [1.29, 1.82) is 0 Å². The largest absolute Gasteiger partial charge is 0.469 e. The fraction of sp³-hybridized carbons (Fsp3) is 0.455. The molecular weight excluding hydrogens is 298 g/mol. The maximum Gasteiger partial charge on any atom is 0.313 e. The van der Waals surface area contributed by atoms with Gasteiger partial charge >= 0.3 is 5.97 Å². The van der Waals surface area contributed by atoms with Crippen molar-refractivity contribution >= 4 is 41.6 Å². The van der Waals surface area contributed by atoms with Gasteiger partial charge in [-0.05, 0) is 13.8 Å². The molecule has 0 spiro atoms. The molecule has 1 heterocycles. The lowest BCUT2D eigenvalue weighted by atomic mass is 9.81. The first-order chi connectivity index (χ1) is 7.82. The van der Waals surface area contributed by atoms with Crippen LogP contribution in [-0.4, -0.2) is 18.1 Å². The number of nitrogens with two attached hydrogens (primary N) is 1. The Bertz CT molecular complexity index is 418. The summed E-state index contributed by atoms with van der Waals surface area (Å²) >= 11 is 12.0. The lowest BCUT2D eigenvalue weighted by Crippen LogP contribution is -2.37. The molecule has 0 unspecified atom stereocenters. The average Bonchev–Trinajstić information content (AvgIpc) is 2.27. The zero-order valence-electron chi connectivity index (χ0n) is 10.2. The Balaban J connectivity index is 0.00000289. The van der Waals surface area contributed by atoms with E-state index < -0.39 is 17.4 Å². The first kappa shape index (κ1) is 17.4. The molecule has 0 amide bonds. The van der Waals surface area contributed by atoms with Gasteiger partial charge in [-0.3, -0.25) is 9.78 Å². The summed E-state index contributed by atoms with van der Waals surface area (Å²) < 4.78 is 4.72. The van der Waals surface area contributed by atoms with E-state index in [1.165, 1.54) is 19.5 Å². The van der Waals surface area contributed by atoms with Gasteiger partial charge in [0, 0.05) is 24.0 Å². The number of hydrogen-bond acceptors (Lipinski definition) is 4. The van der Waals surface area contributed by atoms with E-state index in [4.69, 9.17) is 33.7 Å². The highest BCUT2D eigenvalue weighted by Crippen LogP contribution is 2.38. The van der Waals surface area contributed by atoms with Gasteiger partial charge in [-0.1, -0.05) is 23.2 Å². The molecule has 0 aliphatic rings. The maximum atomic E-state index is 11.7. The third-order valence-corrected chi connectivity index (χ3v) is 3.29. The Morgan fingerprint density at radius 2 is 1.83 bits per heavy atom. The van der Waals surface area contributed by atoms with Crippen molar-refractivity contribution < 1.29 is 9.53 Å². The molecule has 0 radical (unpaired) electrons. The van der Waals surface area contributed by atoms with E-state index in [1.807, 2.05) is 0 Å². The average molecular weight is 314 g/mol. The van der Waals surface area contributed by atoms with E-state index in [9.17, 15) is 4.79 Å². The highest BCUT2D eigenvalue weighted by atomic mass is 35.5. The summed E-state index contributed by atoms with van der Waals surface area (Å²) in [7, 11) is 1.31. The van der Waals surface area contributed by atoms with Crippen molar-refractivity contribution in [1.82, 2.24) is 4.98 Å². The van der Waals surface area contributed by atoms with Crippen LogP contribution < -0.4 is 5.73 Å². The van der Waals surface area contributed by atoms with Crippen molar-refractivity contribution in [3.8, 4) is 0 Å². The highest BCUT2D eigenvalue weighted by Gasteiger charge is 2.38. The van der Waals surface area contributed by atoms with Gasteiger partial charge < -0.3 is 10.5 Å². The van der Waals surface area contributed by atoms with Crippen LogP contribution in [0, 0.1) is 5.41 Å². The molecule has 0 aliphatic carbocycles. The fourth-order valence-electron chi connectivity index (χ4n) is 1.47. The van der Waals surface area contributed by atoms with Crippen LogP contribution in [0.15, 0.2) is 12.4 Å². The SMILES string of the molecule is COC(=O)C(C)(C)[C@@H](N)c1c(Cl)cncc1Cl.Cl. The first-order valence-corrected chi connectivity index (χ1v) is 5.70. The molecule has 18 heavy (non-hydrogen) atoms. The third-order valence-electron chi connectivity index (χ3n) is 2.69. The quantitative estimate of drug-likeness (QED) is 0.871. The summed E-state index contributed by atoms with van der Waals surface area (Å²) in [6.07, 6.45) is 2.88. The van der Waals surface area contributed by atoms with Crippen LogP contribution in [-0.2, 0) is 9.53 Å². The summed E-state index contributed by atoms with van der Waals surface area (Å²) in [6.45, 7) is 3.35. The van der Waals surface area contributed by atoms with Crippen LogP contribution >= 0.6 is 35.6 Å². The molecule has 102 valence electrons. The van der Waals surface area contributed by atoms with Gasteiger partial charge in [0.2, 0.25) is 0 Å². The van der Waals surface area contributed by atoms with Crippen LogP contribution in [0.3, 0.4) is 0 Å². The van der Waals surface area contributed by atoms with Crippen LogP contribution in [0.4, 0.5) is 0 Å². The number of halogens is 3. The smallest absolute Gasteiger partial charge is 0.313 e. The van der Waals surface area contributed by atoms with Crippen molar-refractivity contribution in [2.24, 2.45) is 11.1 Å². The standard InChI is InChI=1S/C11H14Cl2N2O2.ClH/c1-11(2,10(16)17-3)9(14)8-6(12)4-15-5-7(8)13;/h4-5,9H,14H2,1-3H3;1H/t9-;/m0./s1. The van der Waals surface area contributed by atoms with Crippen molar-refractivity contribution in [3.05, 3.63) is 28.0 Å². The Morgan fingerprint density at radius 3 is 2.22 bits per heavy atom. The Hall–Kier alpha value is -0.550. The third kappa shape index (κ3) is 3.26. The molecule has 0 aliphatic heterocycles. The Morgan fingerprint density at radius 1 is 1.39 bits per heavy atom. The number of nitrogens with zero attached hydrogens (tertiary/aromatic N) is 1. The molecule has 1 aromatic heterocycles. The molecule has 0 bridgehead atoms. The summed E-state index contributed by atoms with van der Waals surface area (Å²) in [6, 6.07) is -0.669. The predicted molar refractivity (Wildman–Crippen MR) is 74.2 cm³/mol. The molecule has 0 saturated carbocycles. The lowest BCUT2D eigenvalue weighted by molar-refractivity contribution is -0.152. The molecule has 0 saturated heterocycles.